The first kappa shape index (κ1) is 24.6. The lowest BCUT2D eigenvalue weighted by Gasteiger charge is -2.23. The topological polar surface area (TPSA) is 75.4 Å². The number of carbonyl (C=O) groups excluding carboxylic acids is 2. The van der Waals surface area contributed by atoms with Crippen molar-refractivity contribution in [2.45, 2.75) is 33.2 Å². The molecule has 0 aliphatic rings. The minimum Gasteiger partial charge on any atom is -0.342 e. The van der Waals surface area contributed by atoms with Gasteiger partial charge in [-0.25, -0.2) is 4.39 Å². The van der Waals surface area contributed by atoms with Gasteiger partial charge in [-0.05, 0) is 43.0 Å². The van der Waals surface area contributed by atoms with Crippen LogP contribution in [0, 0.1) is 18.7 Å². The highest BCUT2D eigenvalue weighted by Crippen LogP contribution is 2.23. The summed E-state index contributed by atoms with van der Waals surface area (Å²) in [5.74, 6) is -1.09. The third-order valence-electron chi connectivity index (χ3n) is 4.86. The zero-order chi connectivity index (χ0) is 20.8. The summed E-state index contributed by atoms with van der Waals surface area (Å²) in [6.45, 7) is 6.39. The molecule has 5 nitrogen and oxygen atoms in total. The first-order chi connectivity index (χ1) is 13.2. The molecule has 7 heteroatoms. The lowest BCUT2D eigenvalue weighted by molar-refractivity contribution is 0.0790. The summed E-state index contributed by atoms with van der Waals surface area (Å²) < 4.78 is 13.9. The normalized spacial score (nSPS) is 11.6. The van der Waals surface area contributed by atoms with Crippen LogP contribution in [0.2, 0.25) is 0 Å². The Bertz CT molecular complexity index is 858. The summed E-state index contributed by atoms with van der Waals surface area (Å²) >= 11 is 0. The van der Waals surface area contributed by atoms with Crippen molar-refractivity contribution in [3.8, 4) is 0 Å². The Hall–Kier alpha value is -2.44. The number of nitrogens with one attached hydrogen (secondary N) is 1. The van der Waals surface area contributed by atoms with Gasteiger partial charge in [0.05, 0.1) is 16.8 Å². The predicted octanol–water partition coefficient (Wildman–Crippen LogP) is 4.25. The maximum absolute atomic E-state index is 13.9. The highest BCUT2D eigenvalue weighted by atomic mass is 35.5. The van der Waals surface area contributed by atoms with E-state index in [4.69, 9.17) is 5.73 Å². The van der Waals surface area contributed by atoms with Crippen molar-refractivity contribution in [3.63, 3.8) is 0 Å². The molecule has 0 saturated carbocycles. The Morgan fingerprint density at radius 1 is 1.10 bits per heavy atom. The monoisotopic (exact) mass is 421 g/mol. The molecule has 0 bridgehead atoms. The van der Waals surface area contributed by atoms with Crippen molar-refractivity contribution in [2.75, 3.05) is 18.9 Å². The van der Waals surface area contributed by atoms with E-state index in [0.717, 1.165) is 5.56 Å². The molecule has 2 rings (SSSR count). The molecule has 0 heterocycles. The van der Waals surface area contributed by atoms with Crippen LogP contribution in [0.15, 0.2) is 42.5 Å². The molecule has 2 amide bonds. The Morgan fingerprint density at radius 3 is 2.34 bits per heavy atom. The number of para-hydroxylation sites is 1. The number of nitrogens with two attached hydrogens (primary N) is 1. The van der Waals surface area contributed by atoms with Gasteiger partial charge in [0, 0.05) is 19.6 Å². The Kier molecular flexibility index (Phi) is 9.27. The number of carbonyl (C=O) groups is 2. The van der Waals surface area contributed by atoms with Crippen LogP contribution < -0.4 is 11.1 Å². The molecule has 158 valence electrons. The van der Waals surface area contributed by atoms with Crippen LogP contribution in [0.5, 0.6) is 0 Å². The molecule has 2 aromatic carbocycles. The third kappa shape index (κ3) is 6.27. The van der Waals surface area contributed by atoms with Crippen LogP contribution in [0.4, 0.5) is 10.1 Å². The van der Waals surface area contributed by atoms with Gasteiger partial charge in [0.1, 0.15) is 5.82 Å². The minimum absolute atomic E-state index is 0. The second kappa shape index (κ2) is 10.9. The maximum Gasteiger partial charge on any atom is 0.258 e. The number of rotatable bonds is 7. The van der Waals surface area contributed by atoms with Gasteiger partial charge in [0.15, 0.2) is 0 Å². The number of halogens is 2. The fraction of sp³-hybridized carbons (Fsp3) is 0.364. The molecule has 0 aromatic heterocycles. The summed E-state index contributed by atoms with van der Waals surface area (Å²) in [6, 6.07) is 11.0. The lowest BCUT2D eigenvalue weighted by Crippen LogP contribution is -2.35. The first-order valence-electron chi connectivity index (χ1n) is 9.39. The number of nitrogens with zero attached hydrogens (tertiary/aromatic N) is 1. The molecule has 0 aliphatic carbocycles. The number of anilines is 1. The average Bonchev–Trinajstić information content (AvgIpc) is 2.66. The molecule has 3 N–H and O–H groups in total. The van der Waals surface area contributed by atoms with E-state index in [0.29, 0.717) is 30.1 Å². The average molecular weight is 422 g/mol. The first-order valence-corrected chi connectivity index (χ1v) is 9.39. The van der Waals surface area contributed by atoms with E-state index in [9.17, 15) is 14.0 Å². The van der Waals surface area contributed by atoms with E-state index in [-0.39, 0.29) is 29.9 Å². The fourth-order valence-electron chi connectivity index (χ4n) is 2.82. The minimum atomic E-state index is -0.610. The van der Waals surface area contributed by atoms with Gasteiger partial charge in [-0.15, -0.1) is 12.4 Å². The quantitative estimate of drug-likeness (QED) is 0.701. The largest absolute Gasteiger partial charge is 0.342 e. The summed E-state index contributed by atoms with van der Waals surface area (Å²) in [4.78, 5) is 27.1. The van der Waals surface area contributed by atoms with Crippen LogP contribution in [-0.2, 0) is 0 Å². The summed E-state index contributed by atoms with van der Waals surface area (Å²) in [7, 11) is 1.71. The van der Waals surface area contributed by atoms with Gasteiger partial charge < -0.3 is 16.0 Å². The second-order valence-corrected chi connectivity index (χ2v) is 7.35. The van der Waals surface area contributed by atoms with E-state index in [2.05, 4.69) is 5.32 Å². The third-order valence-corrected chi connectivity index (χ3v) is 4.86. The molecule has 0 radical (unpaired) electrons. The van der Waals surface area contributed by atoms with Crippen molar-refractivity contribution < 1.29 is 14.0 Å². The van der Waals surface area contributed by atoms with Crippen LogP contribution in [0.1, 0.15) is 46.5 Å². The Balaban J connectivity index is 0.00000420. The zero-order valence-corrected chi connectivity index (χ0v) is 18.1. The van der Waals surface area contributed by atoms with Gasteiger partial charge in [0.2, 0.25) is 0 Å². The van der Waals surface area contributed by atoms with Gasteiger partial charge in [-0.2, -0.15) is 0 Å². The molecular formula is C22H29ClFN3O2. The Morgan fingerprint density at radius 2 is 1.72 bits per heavy atom. The number of amides is 2. The van der Waals surface area contributed by atoms with Crippen molar-refractivity contribution >= 4 is 29.9 Å². The highest BCUT2D eigenvalue weighted by Gasteiger charge is 2.21. The van der Waals surface area contributed by atoms with E-state index < -0.39 is 11.7 Å². The van der Waals surface area contributed by atoms with Crippen molar-refractivity contribution in [1.29, 1.82) is 0 Å². The van der Waals surface area contributed by atoms with E-state index >= 15 is 0 Å². The number of hydrogen-bond acceptors (Lipinski definition) is 3. The Labute approximate surface area is 177 Å². The van der Waals surface area contributed by atoms with E-state index in [1.165, 1.54) is 18.2 Å². The van der Waals surface area contributed by atoms with Crippen LogP contribution in [0.3, 0.4) is 0 Å². The van der Waals surface area contributed by atoms with E-state index in [1.54, 1.807) is 43.1 Å². The summed E-state index contributed by atoms with van der Waals surface area (Å²) in [5, 5.41) is 2.70. The summed E-state index contributed by atoms with van der Waals surface area (Å²) in [6.07, 6.45) is 0.683. The molecule has 0 fully saturated rings. The summed E-state index contributed by atoms with van der Waals surface area (Å²) in [5.41, 5.74) is 7.48. The standard InChI is InChI=1S/C22H28FN3O2.ClH/c1-14(2)19(24)12-13-26(4)22(28)17-10-7-8-15(3)20(17)25-21(27)16-9-5-6-11-18(16)23;/h5-11,14,19H,12-13,24H2,1-4H3,(H,25,27);1H. The maximum atomic E-state index is 13.9. The highest BCUT2D eigenvalue weighted by molar-refractivity contribution is 6.09. The van der Waals surface area contributed by atoms with Crippen molar-refractivity contribution in [1.82, 2.24) is 4.90 Å². The fourth-order valence-corrected chi connectivity index (χ4v) is 2.82. The molecule has 1 atom stereocenters. The molecule has 2 aromatic rings. The molecule has 29 heavy (non-hydrogen) atoms. The molecule has 0 aliphatic heterocycles. The van der Waals surface area contributed by atoms with Crippen LogP contribution in [-0.4, -0.2) is 36.3 Å². The SMILES string of the molecule is Cc1cccc(C(=O)N(C)CCC(N)C(C)C)c1NC(=O)c1ccccc1F.Cl. The van der Waals surface area contributed by atoms with Gasteiger partial charge >= 0.3 is 0 Å². The molecule has 0 spiro atoms. The van der Waals surface area contributed by atoms with Crippen LogP contribution >= 0.6 is 12.4 Å². The number of aryl methyl sites for hydroxylation is 1. The number of benzene rings is 2. The predicted molar refractivity (Wildman–Crippen MR) is 117 cm³/mol. The van der Waals surface area contributed by atoms with Gasteiger partial charge in [-0.3, -0.25) is 9.59 Å². The van der Waals surface area contributed by atoms with Crippen LogP contribution in [0.25, 0.3) is 0 Å². The van der Waals surface area contributed by atoms with Crippen molar-refractivity contribution in [2.24, 2.45) is 11.7 Å². The van der Waals surface area contributed by atoms with Gasteiger partial charge in [0.25, 0.3) is 11.8 Å². The lowest BCUT2D eigenvalue weighted by atomic mass is 10.0. The van der Waals surface area contributed by atoms with Crippen molar-refractivity contribution in [3.05, 3.63) is 65.0 Å². The smallest absolute Gasteiger partial charge is 0.258 e. The van der Waals surface area contributed by atoms with E-state index in [1.807, 2.05) is 13.8 Å². The number of hydrogen-bond donors (Lipinski definition) is 2. The second-order valence-electron chi connectivity index (χ2n) is 7.35. The van der Waals surface area contributed by atoms with Gasteiger partial charge in [-0.1, -0.05) is 38.1 Å². The molecular weight excluding hydrogens is 393 g/mol. The molecule has 1 unspecified atom stereocenters. The zero-order valence-electron chi connectivity index (χ0n) is 17.2. The molecule has 0 saturated heterocycles.